The number of nitrogens with two attached hydrogens (primary N) is 3. The van der Waals surface area contributed by atoms with Crippen LogP contribution in [-0.4, -0.2) is 28.0 Å². The Balaban J connectivity index is 0.000000293. The summed E-state index contributed by atoms with van der Waals surface area (Å²) in [4.78, 5) is 22.5. The Morgan fingerprint density at radius 2 is 1.08 bits per heavy atom. The van der Waals surface area contributed by atoms with Crippen LogP contribution in [0.25, 0.3) is 0 Å². The molecule has 0 bridgehead atoms. The molecule has 0 unspecified atom stereocenters. The largest absolute Gasteiger partial charge is 0.417 e. The van der Waals surface area contributed by atoms with Crippen LogP contribution in [0.3, 0.4) is 0 Å². The molecule has 0 aliphatic carbocycles. The third-order valence-electron chi connectivity index (χ3n) is 6.11. The second-order valence-electron chi connectivity index (χ2n) is 10.3. The summed E-state index contributed by atoms with van der Waals surface area (Å²) in [5.74, 6) is -3.97. The highest BCUT2D eigenvalue weighted by Crippen LogP contribution is 2.35. The first-order chi connectivity index (χ1) is 23.1. The molecule has 4 aromatic rings. The van der Waals surface area contributed by atoms with Crippen molar-refractivity contribution in [2.45, 2.75) is 36.0 Å². The lowest BCUT2D eigenvalue weighted by Crippen LogP contribution is -2.21. The molecule has 7 N–H and O–H groups in total. The van der Waals surface area contributed by atoms with Crippen LogP contribution in [0.5, 0.6) is 0 Å². The lowest BCUT2D eigenvalue weighted by atomic mass is 10.0. The Hall–Kier alpha value is -4.63. The summed E-state index contributed by atoms with van der Waals surface area (Å²) in [5, 5.41) is 10.4. The van der Waals surface area contributed by atoms with Gasteiger partial charge in [0.25, 0.3) is 11.1 Å². The number of amides is 1. The summed E-state index contributed by atoms with van der Waals surface area (Å²) >= 11 is 4.89. The van der Waals surface area contributed by atoms with Crippen LogP contribution in [0.1, 0.15) is 43.0 Å². The van der Waals surface area contributed by atoms with Gasteiger partial charge in [-0.15, -0.1) is 0 Å². The summed E-state index contributed by atoms with van der Waals surface area (Å²) in [7, 11) is -7.68. The number of nitrogens with one attached hydrogen (secondary N) is 1. The van der Waals surface area contributed by atoms with E-state index in [1.165, 1.54) is 44.2 Å². The van der Waals surface area contributed by atoms with Gasteiger partial charge in [-0.3, -0.25) is 9.59 Å². The number of alkyl halides is 6. The molecule has 21 heteroatoms. The molecular formula is C30H25ClF8N4O6S2. The van der Waals surface area contributed by atoms with E-state index < -0.39 is 77.4 Å². The smallest absolute Gasteiger partial charge is 0.399 e. The van der Waals surface area contributed by atoms with E-state index in [1.54, 1.807) is 6.07 Å². The number of carbonyl (C=O) groups is 2. The minimum absolute atomic E-state index is 0.00222. The molecule has 4 aromatic carbocycles. The van der Waals surface area contributed by atoms with Gasteiger partial charge in [0.2, 0.25) is 20.0 Å². The number of hydrogen-bond acceptors (Lipinski definition) is 7. The minimum atomic E-state index is -4.94. The topological polar surface area (TPSA) is 193 Å². The van der Waals surface area contributed by atoms with Gasteiger partial charge in [0.15, 0.2) is 0 Å². The Morgan fingerprint density at radius 1 is 0.667 bits per heavy atom. The number of anilines is 2. The molecule has 0 aliphatic heterocycles. The van der Waals surface area contributed by atoms with Crippen molar-refractivity contribution in [1.29, 1.82) is 0 Å². The fraction of sp³-hybridized carbons (Fsp3) is 0.133. The summed E-state index contributed by atoms with van der Waals surface area (Å²) in [5.41, 5.74) is 0.557. The Morgan fingerprint density at radius 3 is 1.47 bits per heavy atom. The van der Waals surface area contributed by atoms with Crippen LogP contribution in [0.2, 0.25) is 0 Å². The van der Waals surface area contributed by atoms with E-state index in [1.807, 2.05) is 5.32 Å². The number of halogens is 9. The molecule has 0 heterocycles. The first-order valence-electron chi connectivity index (χ1n) is 13.4. The molecule has 1 amide bonds. The van der Waals surface area contributed by atoms with Crippen molar-refractivity contribution in [2.24, 2.45) is 10.3 Å². The molecule has 0 aliphatic rings. The van der Waals surface area contributed by atoms with Crippen molar-refractivity contribution in [3.8, 4) is 0 Å². The van der Waals surface area contributed by atoms with Gasteiger partial charge in [0.05, 0.1) is 32.0 Å². The molecule has 10 nitrogen and oxygen atoms in total. The van der Waals surface area contributed by atoms with E-state index in [0.717, 1.165) is 24.3 Å². The predicted molar refractivity (Wildman–Crippen MR) is 170 cm³/mol. The summed E-state index contributed by atoms with van der Waals surface area (Å²) in [6, 6.07) is 13.3. The number of hydrogen-bond donors (Lipinski definition) is 4. The van der Waals surface area contributed by atoms with Gasteiger partial charge in [-0.2, -0.15) is 26.3 Å². The van der Waals surface area contributed by atoms with Crippen molar-refractivity contribution >= 4 is 54.2 Å². The molecule has 0 fully saturated rings. The summed E-state index contributed by atoms with van der Waals surface area (Å²) < 4.78 is 147. The van der Waals surface area contributed by atoms with Crippen molar-refractivity contribution < 1.29 is 61.5 Å². The van der Waals surface area contributed by atoms with Crippen LogP contribution >= 0.6 is 11.6 Å². The maximum Gasteiger partial charge on any atom is 0.417 e. The van der Waals surface area contributed by atoms with E-state index >= 15 is 0 Å². The lowest BCUT2D eigenvalue weighted by molar-refractivity contribution is -0.138. The zero-order chi connectivity index (χ0) is 39.3. The maximum atomic E-state index is 14.0. The third-order valence-corrected chi connectivity index (χ3v) is 8.12. The Kier molecular flexibility index (Phi) is 13.5. The molecule has 276 valence electrons. The molecule has 0 aromatic heterocycles. The molecule has 0 saturated heterocycles. The average Bonchev–Trinajstić information content (AvgIpc) is 2.95. The van der Waals surface area contributed by atoms with Gasteiger partial charge in [0.1, 0.15) is 11.6 Å². The molecule has 0 saturated carbocycles. The maximum absolute atomic E-state index is 14.0. The standard InChI is InChI=1S/C15H12F4N2O3S.C9H5ClF4O.C6H8N2O2S/c1-8-5-11(15(17,18)19)13(12(16)6-8)14(22)21-9-3-2-4-10(7-9)25(20,23)24;1-4-2-5(9(12,13)14)7(8(10)15)6(11)3-4;7-5-2-1-3-6(4-5)11(8,9)10/h2-7H,1H3,(H,21,22)(H2,20,23,24);2-3H,1H3;1-4H,7H2,(H2,8,9,10). The van der Waals surface area contributed by atoms with Gasteiger partial charge in [0, 0.05) is 11.4 Å². The Bertz CT molecular complexity index is 2180. The van der Waals surface area contributed by atoms with Gasteiger partial charge >= 0.3 is 12.4 Å². The molecule has 0 spiro atoms. The monoisotopic (exact) mass is 788 g/mol. The fourth-order valence-electron chi connectivity index (χ4n) is 4.00. The second-order valence-corrected chi connectivity index (χ2v) is 13.7. The van der Waals surface area contributed by atoms with E-state index in [0.29, 0.717) is 17.8 Å². The number of sulfonamides is 2. The normalized spacial score (nSPS) is 11.8. The first kappa shape index (κ1) is 42.5. The lowest BCUT2D eigenvalue weighted by Gasteiger charge is -2.15. The highest BCUT2D eigenvalue weighted by molar-refractivity contribution is 7.89. The van der Waals surface area contributed by atoms with Crippen LogP contribution < -0.4 is 21.3 Å². The number of nitrogen functional groups attached to an aromatic ring is 1. The Labute approximate surface area is 290 Å². The highest BCUT2D eigenvalue weighted by Gasteiger charge is 2.38. The van der Waals surface area contributed by atoms with Crippen molar-refractivity contribution in [1.82, 2.24) is 0 Å². The number of primary sulfonamides is 2. The zero-order valence-electron chi connectivity index (χ0n) is 25.8. The SMILES string of the molecule is Cc1cc(F)c(C(=O)Cl)c(C(F)(F)F)c1.Cc1cc(F)c(C(=O)Nc2cccc(S(N)(=O)=O)c2)c(C(F)(F)F)c1.Nc1cccc(S(N)(=O)=O)c1. The van der Waals surface area contributed by atoms with Gasteiger partial charge < -0.3 is 11.1 Å². The molecular weight excluding hydrogens is 764 g/mol. The number of benzene rings is 4. The molecule has 0 radical (unpaired) electrons. The fourth-order valence-corrected chi connectivity index (χ4v) is 5.32. The van der Waals surface area contributed by atoms with Crippen LogP contribution in [-0.2, 0) is 32.4 Å². The van der Waals surface area contributed by atoms with Crippen LogP contribution in [0.4, 0.5) is 46.5 Å². The molecule has 4 rings (SSSR count). The number of carbonyl (C=O) groups excluding carboxylic acids is 2. The van der Waals surface area contributed by atoms with E-state index in [2.05, 4.69) is 0 Å². The van der Waals surface area contributed by atoms with E-state index in [4.69, 9.17) is 27.6 Å². The number of aryl methyl sites for hydroxylation is 2. The van der Waals surface area contributed by atoms with Gasteiger partial charge in [-0.1, -0.05) is 12.1 Å². The number of rotatable bonds is 5. The van der Waals surface area contributed by atoms with Gasteiger partial charge in [-0.05, 0) is 97.2 Å². The highest BCUT2D eigenvalue weighted by atomic mass is 35.5. The quantitative estimate of drug-likeness (QED) is 0.101. The van der Waals surface area contributed by atoms with Crippen LogP contribution in [0, 0.1) is 25.5 Å². The first-order valence-corrected chi connectivity index (χ1v) is 16.9. The van der Waals surface area contributed by atoms with Crippen molar-refractivity contribution in [2.75, 3.05) is 11.1 Å². The molecule has 51 heavy (non-hydrogen) atoms. The minimum Gasteiger partial charge on any atom is -0.399 e. The van der Waals surface area contributed by atoms with Crippen LogP contribution in [0.15, 0.2) is 82.6 Å². The summed E-state index contributed by atoms with van der Waals surface area (Å²) in [6.45, 7) is 2.55. The van der Waals surface area contributed by atoms with Crippen molar-refractivity contribution in [3.63, 3.8) is 0 Å². The third kappa shape index (κ3) is 12.3. The second kappa shape index (κ2) is 16.1. The van der Waals surface area contributed by atoms with Crippen molar-refractivity contribution in [3.05, 3.63) is 118 Å². The van der Waals surface area contributed by atoms with E-state index in [-0.39, 0.29) is 26.6 Å². The predicted octanol–water partition coefficient (Wildman–Crippen LogP) is 6.50. The zero-order valence-corrected chi connectivity index (χ0v) is 28.2. The molecule has 0 atom stereocenters. The van der Waals surface area contributed by atoms with E-state index in [9.17, 15) is 61.5 Å². The van der Waals surface area contributed by atoms with Gasteiger partial charge in [-0.25, -0.2) is 35.9 Å². The average molecular weight is 789 g/mol. The summed E-state index contributed by atoms with van der Waals surface area (Å²) in [6.07, 6.45) is -9.74.